The van der Waals surface area contributed by atoms with E-state index in [1.807, 2.05) is 0 Å². The molecule has 0 heterocycles. The quantitative estimate of drug-likeness (QED) is 0.463. The third-order valence-corrected chi connectivity index (χ3v) is 3.71. The topological polar surface area (TPSA) is 118 Å². The molecule has 0 aromatic rings. The van der Waals surface area contributed by atoms with Crippen LogP contribution in [0.4, 0.5) is 4.79 Å². The lowest BCUT2D eigenvalue weighted by atomic mass is 10.1. The van der Waals surface area contributed by atoms with E-state index in [0.29, 0.717) is 0 Å². The average molecular weight is 349 g/mol. The number of quaternary nitrogens is 2. The molecule has 24 heavy (non-hydrogen) atoms. The monoisotopic (exact) mass is 348 g/mol. The van der Waals surface area contributed by atoms with Crippen LogP contribution >= 0.6 is 0 Å². The van der Waals surface area contributed by atoms with Crippen molar-refractivity contribution in [1.82, 2.24) is 0 Å². The second kappa shape index (κ2) is 30.1. The van der Waals surface area contributed by atoms with Gasteiger partial charge in [-0.25, -0.2) is 0 Å². The van der Waals surface area contributed by atoms with E-state index in [9.17, 15) is 0 Å². The minimum atomic E-state index is -2.33. The van der Waals surface area contributed by atoms with Gasteiger partial charge in [-0.15, -0.1) is 0 Å². The molecule has 148 valence electrons. The molecule has 0 unspecified atom stereocenters. The molecule has 0 atom stereocenters. The van der Waals surface area contributed by atoms with E-state index in [2.05, 4.69) is 25.3 Å². The zero-order valence-electron chi connectivity index (χ0n) is 16.5. The number of unbranched alkanes of at least 4 members (excludes halogenated alkanes) is 12. The highest BCUT2D eigenvalue weighted by Crippen LogP contribution is 2.06. The van der Waals surface area contributed by atoms with Crippen LogP contribution in [0.1, 0.15) is 104 Å². The summed E-state index contributed by atoms with van der Waals surface area (Å²) in [6, 6.07) is 0. The Hall–Kier alpha value is -0.810. The molecule has 0 radical (unpaired) electrons. The highest BCUT2D eigenvalue weighted by molar-refractivity contribution is 5.47. The van der Waals surface area contributed by atoms with Gasteiger partial charge in [0.2, 0.25) is 0 Å². The van der Waals surface area contributed by atoms with Crippen LogP contribution in [-0.4, -0.2) is 19.2 Å². The summed E-state index contributed by atoms with van der Waals surface area (Å²) >= 11 is 0. The Morgan fingerprint density at radius 3 is 1.00 bits per heavy atom. The molecule has 0 saturated heterocycles. The number of rotatable bonds is 14. The number of carbonyl (C=O) groups is 1. The lowest BCUT2D eigenvalue weighted by Crippen LogP contribution is -2.50. The molecule has 0 aliphatic rings. The van der Waals surface area contributed by atoms with Crippen LogP contribution in [0.15, 0.2) is 0 Å². The van der Waals surface area contributed by atoms with Gasteiger partial charge in [0.15, 0.2) is 0 Å². The molecule has 6 N–H and O–H groups in total. The Morgan fingerprint density at radius 2 is 0.792 bits per heavy atom. The molecule has 0 rings (SSSR count). The van der Waals surface area contributed by atoms with Crippen LogP contribution in [0.2, 0.25) is 0 Å². The fourth-order valence-electron chi connectivity index (χ4n) is 2.27. The first-order chi connectivity index (χ1) is 11.6. The Balaban J connectivity index is -0.000000301. The van der Waals surface area contributed by atoms with Crippen molar-refractivity contribution >= 4 is 6.16 Å². The minimum absolute atomic E-state index is 1.12. The number of carboxylic acid groups (broad SMARTS) is 2. The maximum atomic E-state index is 8.33. The second-order valence-electron chi connectivity index (χ2n) is 6.20. The molecule has 0 aromatic heterocycles. The van der Waals surface area contributed by atoms with Gasteiger partial charge in [-0.05, 0) is 31.8 Å². The smallest absolute Gasteiger partial charge is 0.0739 e. The van der Waals surface area contributed by atoms with Crippen molar-refractivity contribution < 1.29 is 26.5 Å². The summed E-state index contributed by atoms with van der Waals surface area (Å²) in [5.74, 6) is 0. The SMILES string of the molecule is CCCCCCCCC[NH3+].CCCCCCCCC[NH3+].O=C([O-])[O-]. The Morgan fingerprint density at radius 1 is 0.583 bits per heavy atom. The summed E-state index contributed by atoms with van der Waals surface area (Å²) < 4.78 is 0. The summed E-state index contributed by atoms with van der Waals surface area (Å²) in [6.07, 6.45) is 17.3. The van der Waals surface area contributed by atoms with Crippen molar-refractivity contribution in [2.75, 3.05) is 13.1 Å². The maximum absolute atomic E-state index is 8.33. The lowest BCUT2D eigenvalue weighted by Gasteiger charge is -1.96. The predicted octanol–water partition coefficient (Wildman–Crippen LogP) is 1.51. The summed E-state index contributed by atoms with van der Waals surface area (Å²) in [4.78, 5) is 8.33. The summed E-state index contributed by atoms with van der Waals surface area (Å²) in [5, 5.41) is 16.7. The van der Waals surface area contributed by atoms with E-state index >= 15 is 0 Å². The Labute approximate surface area is 150 Å². The van der Waals surface area contributed by atoms with E-state index in [0.717, 1.165) is 13.1 Å². The Bertz CT molecular complexity index is 179. The van der Waals surface area contributed by atoms with Crippen molar-refractivity contribution in [2.24, 2.45) is 0 Å². The van der Waals surface area contributed by atoms with Crippen LogP contribution in [-0.2, 0) is 0 Å². The summed E-state index contributed by atoms with van der Waals surface area (Å²) in [5.41, 5.74) is 7.64. The first kappa shape index (κ1) is 28.0. The molecule has 0 aromatic carbocycles. The van der Waals surface area contributed by atoms with Gasteiger partial charge in [0.1, 0.15) is 0 Å². The maximum Gasteiger partial charge on any atom is 0.0739 e. The van der Waals surface area contributed by atoms with E-state index in [-0.39, 0.29) is 0 Å². The number of hydrogen-bond donors (Lipinski definition) is 2. The van der Waals surface area contributed by atoms with E-state index < -0.39 is 6.16 Å². The zero-order chi connectivity index (χ0) is 18.9. The van der Waals surface area contributed by atoms with Crippen LogP contribution in [0.5, 0.6) is 0 Å². The van der Waals surface area contributed by atoms with Gasteiger partial charge in [0.05, 0.1) is 13.1 Å². The van der Waals surface area contributed by atoms with Gasteiger partial charge in [-0.3, -0.25) is 0 Å². The fraction of sp³-hybridized carbons (Fsp3) is 0.947. The standard InChI is InChI=1S/2C9H21N.CH2O3/c2*1-2-3-4-5-6-7-8-9-10;2-1(3)4/h2*2-10H2,1H3;(H2,2,3,4). The number of carbonyl (C=O) groups excluding carboxylic acids is 1. The first-order valence-corrected chi connectivity index (χ1v) is 10.0. The van der Waals surface area contributed by atoms with Crippen molar-refractivity contribution in [2.45, 2.75) is 104 Å². The highest BCUT2D eigenvalue weighted by atomic mass is 16.6. The second-order valence-corrected chi connectivity index (χ2v) is 6.20. The minimum Gasteiger partial charge on any atom is -0.652 e. The largest absolute Gasteiger partial charge is 0.652 e. The molecular formula is C19H44N2O3. The molecule has 0 fully saturated rings. The van der Waals surface area contributed by atoms with Gasteiger partial charge >= 0.3 is 0 Å². The van der Waals surface area contributed by atoms with Crippen molar-refractivity contribution in [3.8, 4) is 0 Å². The predicted molar refractivity (Wildman–Crippen MR) is 96.9 cm³/mol. The van der Waals surface area contributed by atoms with E-state index in [1.165, 1.54) is 89.9 Å². The number of hydrogen-bond acceptors (Lipinski definition) is 3. The normalized spacial score (nSPS) is 9.50. The van der Waals surface area contributed by atoms with Gasteiger partial charge in [-0.2, -0.15) is 0 Å². The molecule has 0 spiro atoms. The molecule has 0 amide bonds. The Kier molecular flexibility index (Phi) is 35.1. The molecule has 0 saturated carbocycles. The van der Waals surface area contributed by atoms with Crippen molar-refractivity contribution in [3.05, 3.63) is 0 Å². The molecule has 5 heteroatoms. The molecule has 0 aliphatic heterocycles. The van der Waals surface area contributed by atoms with E-state index in [4.69, 9.17) is 15.0 Å². The lowest BCUT2D eigenvalue weighted by molar-refractivity contribution is -0.415. The van der Waals surface area contributed by atoms with Gasteiger partial charge < -0.3 is 26.5 Å². The average Bonchev–Trinajstić information content (AvgIpc) is 2.54. The van der Waals surface area contributed by atoms with Crippen LogP contribution in [0, 0.1) is 0 Å². The molecule has 0 bridgehead atoms. The zero-order valence-corrected chi connectivity index (χ0v) is 16.5. The van der Waals surface area contributed by atoms with Gasteiger partial charge in [-0.1, -0.05) is 78.1 Å². The fourth-order valence-corrected chi connectivity index (χ4v) is 2.27. The first-order valence-electron chi connectivity index (χ1n) is 10.0. The van der Waals surface area contributed by atoms with Crippen molar-refractivity contribution in [3.63, 3.8) is 0 Å². The van der Waals surface area contributed by atoms with Gasteiger partial charge in [0.25, 0.3) is 0 Å². The summed E-state index contributed by atoms with van der Waals surface area (Å²) in [7, 11) is 0. The molecule has 0 aliphatic carbocycles. The van der Waals surface area contributed by atoms with Gasteiger partial charge in [0, 0.05) is 0 Å². The van der Waals surface area contributed by atoms with Crippen molar-refractivity contribution in [1.29, 1.82) is 0 Å². The van der Waals surface area contributed by atoms with Crippen LogP contribution in [0.25, 0.3) is 0 Å². The third-order valence-electron chi connectivity index (χ3n) is 3.71. The van der Waals surface area contributed by atoms with E-state index in [1.54, 1.807) is 0 Å². The summed E-state index contributed by atoms with van der Waals surface area (Å²) in [6.45, 7) is 6.76. The van der Waals surface area contributed by atoms with Crippen LogP contribution in [0.3, 0.4) is 0 Å². The van der Waals surface area contributed by atoms with Crippen LogP contribution < -0.4 is 21.7 Å². The third kappa shape index (κ3) is 49.6. The highest BCUT2D eigenvalue weighted by Gasteiger charge is 1.89. The molecule has 5 nitrogen and oxygen atoms in total. The molecular weight excluding hydrogens is 304 g/mol.